The van der Waals surface area contributed by atoms with Gasteiger partial charge < -0.3 is 19.7 Å². The number of carbonyl (C=O) groups excluding carboxylic acids is 1. The van der Waals surface area contributed by atoms with E-state index in [1.807, 2.05) is 31.2 Å². The van der Waals surface area contributed by atoms with Gasteiger partial charge in [0.15, 0.2) is 0 Å². The molecule has 1 aliphatic heterocycles. The highest BCUT2D eigenvalue weighted by molar-refractivity contribution is 7.18. The van der Waals surface area contributed by atoms with Crippen molar-refractivity contribution in [2.24, 2.45) is 0 Å². The van der Waals surface area contributed by atoms with E-state index < -0.39 is 0 Å². The van der Waals surface area contributed by atoms with Gasteiger partial charge in [0.25, 0.3) is 5.91 Å². The highest BCUT2D eigenvalue weighted by Gasteiger charge is 2.22. The Morgan fingerprint density at radius 2 is 2.04 bits per heavy atom. The number of amides is 1. The summed E-state index contributed by atoms with van der Waals surface area (Å²) in [5.41, 5.74) is 2.24. The van der Waals surface area contributed by atoms with Gasteiger partial charge in [0.1, 0.15) is 0 Å². The zero-order chi connectivity index (χ0) is 17.6. The maximum atomic E-state index is 12.6. The summed E-state index contributed by atoms with van der Waals surface area (Å²) >= 11 is 1.55. The molecule has 1 aromatic heterocycles. The van der Waals surface area contributed by atoms with Crippen molar-refractivity contribution in [2.45, 2.75) is 13.0 Å². The van der Waals surface area contributed by atoms with Crippen LogP contribution in [0.1, 0.15) is 16.6 Å². The lowest BCUT2D eigenvalue weighted by Crippen LogP contribution is -2.36. The molecule has 0 bridgehead atoms. The lowest BCUT2D eigenvalue weighted by atomic mass is 10.1. The van der Waals surface area contributed by atoms with E-state index >= 15 is 0 Å². The molecule has 2 heterocycles. The fraction of sp³-hybridized carbons (Fsp3) is 0.421. The summed E-state index contributed by atoms with van der Waals surface area (Å²) in [4.78, 5) is 15.6. The predicted octanol–water partition coefficient (Wildman–Crippen LogP) is 3.02. The summed E-state index contributed by atoms with van der Waals surface area (Å²) in [7, 11) is 1.64. The Kier molecular flexibility index (Phi) is 6.07. The highest BCUT2D eigenvalue weighted by atomic mass is 32.1. The van der Waals surface area contributed by atoms with E-state index in [1.54, 1.807) is 18.4 Å². The van der Waals surface area contributed by atoms with Crippen LogP contribution in [0.25, 0.3) is 11.1 Å². The van der Waals surface area contributed by atoms with Crippen LogP contribution in [0.5, 0.6) is 0 Å². The van der Waals surface area contributed by atoms with Crippen molar-refractivity contribution in [3.63, 3.8) is 0 Å². The largest absolute Gasteiger partial charge is 0.383 e. The average Bonchev–Trinajstić information content (AvgIpc) is 3.09. The van der Waals surface area contributed by atoms with Crippen LogP contribution >= 0.6 is 11.3 Å². The van der Waals surface area contributed by atoms with E-state index in [-0.39, 0.29) is 11.9 Å². The van der Waals surface area contributed by atoms with Crippen LogP contribution in [0, 0.1) is 0 Å². The molecule has 3 rings (SSSR count). The van der Waals surface area contributed by atoms with Crippen LogP contribution in [-0.4, -0.2) is 52.0 Å². The molecular weight excluding hydrogens is 336 g/mol. The van der Waals surface area contributed by atoms with Crippen LogP contribution in [0.4, 0.5) is 5.00 Å². The van der Waals surface area contributed by atoms with Crippen molar-refractivity contribution in [1.29, 1.82) is 0 Å². The number of benzene rings is 1. The minimum atomic E-state index is -0.0498. The zero-order valence-corrected chi connectivity index (χ0v) is 15.5. The van der Waals surface area contributed by atoms with Crippen LogP contribution in [0.15, 0.2) is 36.4 Å². The van der Waals surface area contributed by atoms with E-state index in [2.05, 4.69) is 22.3 Å². The van der Waals surface area contributed by atoms with Gasteiger partial charge in [0, 0.05) is 31.8 Å². The monoisotopic (exact) mass is 360 g/mol. The number of ether oxygens (including phenoxy) is 2. The number of hydrogen-bond donors (Lipinski definition) is 1. The van der Waals surface area contributed by atoms with Gasteiger partial charge in [0.2, 0.25) is 0 Å². The smallest absolute Gasteiger partial charge is 0.261 e. The molecule has 1 unspecified atom stereocenters. The van der Waals surface area contributed by atoms with E-state index in [1.165, 1.54) is 0 Å². The lowest BCUT2D eigenvalue weighted by molar-refractivity contribution is 0.0909. The molecule has 1 fully saturated rings. The van der Waals surface area contributed by atoms with Gasteiger partial charge in [-0.3, -0.25) is 4.79 Å². The molecule has 5 nitrogen and oxygen atoms in total. The number of anilines is 1. The van der Waals surface area contributed by atoms with E-state index in [9.17, 15) is 4.79 Å². The van der Waals surface area contributed by atoms with Gasteiger partial charge >= 0.3 is 0 Å². The van der Waals surface area contributed by atoms with Crippen LogP contribution in [-0.2, 0) is 9.47 Å². The third-order valence-electron chi connectivity index (χ3n) is 4.11. The Morgan fingerprint density at radius 3 is 2.72 bits per heavy atom. The Bertz CT molecular complexity index is 696. The normalized spacial score (nSPS) is 15.8. The SMILES string of the molecule is COCC(C)NC(=O)c1cc(-c2ccccc2)c(N2CCOCC2)s1. The van der Waals surface area contributed by atoms with Crippen molar-refractivity contribution in [3.8, 4) is 11.1 Å². The molecule has 6 heteroatoms. The lowest BCUT2D eigenvalue weighted by Gasteiger charge is -2.28. The number of nitrogens with zero attached hydrogens (tertiary/aromatic N) is 1. The molecule has 1 N–H and O–H groups in total. The number of methoxy groups -OCH3 is 1. The van der Waals surface area contributed by atoms with Crippen LogP contribution < -0.4 is 10.2 Å². The van der Waals surface area contributed by atoms with Crippen molar-refractivity contribution in [2.75, 3.05) is 44.9 Å². The second kappa shape index (κ2) is 8.47. The number of carbonyl (C=O) groups is 1. The summed E-state index contributed by atoms with van der Waals surface area (Å²) in [6.45, 7) is 5.58. The molecule has 1 aliphatic rings. The van der Waals surface area contributed by atoms with Gasteiger partial charge in [-0.25, -0.2) is 0 Å². The quantitative estimate of drug-likeness (QED) is 0.860. The predicted molar refractivity (Wildman–Crippen MR) is 102 cm³/mol. The molecule has 2 aromatic rings. The molecule has 1 atom stereocenters. The van der Waals surface area contributed by atoms with E-state index in [0.717, 1.165) is 47.3 Å². The number of morpholine rings is 1. The first-order valence-corrected chi connectivity index (χ1v) is 9.32. The molecule has 1 aromatic carbocycles. The number of thiophene rings is 1. The molecule has 25 heavy (non-hydrogen) atoms. The minimum Gasteiger partial charge on any atom is -0.383 e. The van der Waals surface area contributed by atoms with Gasteiger partial charge in [-0.1, -0.05) is 30.3 Å². The standard InChI is InChI=1S/C19H24N2O3S/c1-14(13-23-2)20-18(22)17-12-16(15-6-4-3-5-7-15)19(25-17)21-8-10-24-11-9-21/h3-7,12,14H,8-11,13H2,1-2H3,(H,20,22). The maximum Gasteiger partial charge on any atom is 0.261 e. The van der Waals surface area contributed by atoms with Gasteiger partial charge in [-0.05, 0) is 18.6 Å². The third-order valence-corrected chi connectivity index (χ3v) is 5.31. The van der Waals surface area contributed by atoms with Crippen molar-refractivity contribution < 1.29 is 14.3 Å². The number of hydrogen-bond acceptors (Lipinski definition) is 5. The average molecular weight is 360 g/mol. The Morgan fingerprint density at radius 1 is 1.32 bits per heavy atom. The fourth-order valence-corrected chi connectivity index (χ4v) is 4.04. The van der Waals surface area contributed by atoms with Crippen molar-refractivity contribution in [1.82, 2.24) is 5.32 Å². The Balaban J connectivity index is 1.90. The summed E-state index contributed by atoms with van der Waals surface area (Å²) in [6, 6.07) is 12.2. The zero-order valence-electron chi connectivity index (χ0n) is 14.7. The van der Waals surface area contributed by atoms with Gasteiger partial charge in [-0.15, -0.1) is 11.3 Å². The first-order valence-electron chi connectivity index (χ1n) is 8.51. The van der Waals surface area contributed by atoms with Gasteiger partial charge in [-0.2, -0.15) is 0 Å². The molecule has 1 amide bonds. The van der Waals surface area contributed by atoms with E-state index in [0.29, 0.717) is 6.61 Å². The van der Waals surface area contributed by atoms with Crippen molar-refractivity contribution >= 4 is 22.2 Å². The second-order valence-corrected chi connectivity index (χ2v) is 7.16. The second-order valence-electron chi connectivity index (χ2n) is 6.12. The first-order chi connectivity index (χ1) is 12.2. The molecule has 0 saturated carbocycles. The van der Waals surface area contributed by atoms with Gasteiger partial charge in [0.05, 0.1) is 29.7 Å². The molecule has 0 radical (unpaired) electrons. The fourth-order valence-electron chi connectivity index (χ4n) is 2.91. The first kappa shape index (κ1) is 17.9. The van der Waals surface area contributed by atoms with Crippen LogP contribution in [0.2, 0.25) is 0 Å². The number of rotatable bonds is 6. The van der Waals surface area contributed by atoms with Crippen molar-refractivity contribution in [3.05, 3.63) is 41.3 Å². The third kappa shape index (κ3) is 4.39. The highest BCUT2D eigenvalue weighted by Crippen LogP contribution is 2.39. The summed E-state index contributed by atoms with van der Waals surface area (Å²) in [6.07, 6.45) is 0. The molecule has 134 valence electrons. The molecule has 0 spiro atoms. The summed E-state index contributed by atoms with van der Waals surface area (Å²) in [5, 5.41) is 4.13. The Hall–Kier alpha value is -1.89. The topological polar surface area (TPSA) is 50.8 Å². The number of nitrogens with one attached hydrogen (secondary N) is 1. The Labute approximate surface area is 152 Å². The molecule has 1 saturated heterocycles. The van der Waals surface area contributed by atoms with E-state index in [4.69, 9.17) is 9.47 Å². The summed E-state index contributed by atoms with van der Waals surface area (Å²) in [5.74, 6) is -0.0498. The van der Waals surface area contributed by atoms with Crippen LogP contribution in [0.3, 0.4) is 0 Å². The minimum absolute atomic E-state index is 0.0217. The molecule has 0 aliphatic carbocycles. The molecular formula is C19H24N2O3S. The summed E-state index contributed by atoms with van der Waals surface area (Å²) < 4.78 is 10.6. The maximum absolute atomic E-state index is 12.6.